The van der Waals surface area contributed by atoms with Gasteiger partial charge in [-0.2, -0.15) is 10.1 Å². The first-order valence-corrected chi connectivity index (χ1v) is 13.0. The summed E-state index contributed by atoms with van der Waals surface area (Å²) in [4.78, 5) is 18.6. The number of aliphatic hydroxyl groups excluding tert-OH is 1. The van der Waals surface area contributed by atoms with Gasteiger partial charge in [0.25, 0.3) is 5.71 Å². The summed E-state index contributed by atoms with van der Waals surface area (Å²) in [5, 5.41) is 14.2. The molecule has 1 aliphatic rings. The van der Waals surface area contributed by atoms with Crippen LogP contribution in [0.15, 0.2) is 65.5 Å². The van der Waals surface area contributed by atoms with Crippen molar-refractivity contribution in [1.29, 1.82) is 0 Å². The molecule has 9 nitrogen and oxygen atoms in total. The minimum absolute atomic E-state index is 0.104. The molecule has 5 aromatic rings. The van der Waals surface area contributed by atoms with E-state index < -0.39 is 0 Å². The molecule has 0 atom stereocenters. The zero-order chi connectivity index (χ0) is 26.1. The molecular formula is C29H31N7O2. The van der Waals surface area contributed by atoms with Gasteiger partial charge in [0.05, 0.1) is 0 Å². The molecule has 1 fully saturated rings. The number of aliphatic hydroxyl groups is 1. The van der Waals surface area contributed by atoms with E-state index in [9.17, 15) is 5.11 Å². The van der Waals surface area contributed by atoms with Crippen molar-refractivity contribution in [2.45, 2.75) is 19.9 Å². The minimum atomic E-state index is 0.104. The number of likely N-dealkylation sites (N-methyl/N-ethyl adjacent to an activating group) is 1. The molecule has 9 heteroatoms. The normalized spacial score (nSPS) is 14.4. The lowest BCUT2D eigenvalue weighted by Gasteiger charge is -2.34. The van der Waals surface area contributed by atoms with Crippen molar-refractivity contribution in [3.8, 4) is 34.0 Å². The van der Waals surface area contributed by atoms with Gasteiger partial charge in [0.2, 0.25) is 5.89 Å². The van der Waals surface area contributed by atoms with E-state index in [0.717, 1.165) is 48.6 Å². The Morgan fingerprint density at radius 2 is 1.63 bits per heavy atom. The van der Waals surface area contributed by atoms with Gasteiger partial charge >= 0.3 is 0 Å². The van der Waals surface area contributed by atoms with Crippen LogP contribution in [0.3, 0.4) is 0 Å². The standard InChI is InChI=1S/C29H31N7O2/c1-20-4-6-21(7-5-20)25-24(18-36(33-25)12-3-17-37)26-27-29(31-19-30-26)38-28(32-27)22-8-10-23(11-9-22)35-15-13-34(2)14-16-35/h4-11,18-19,37H,3,12-17H2,1-2H3. The van der Waals surface area contributed by atoms with E-state index in [0.29, 0.717) is 35.8 Å². The highest BCUT2D eigenvalue weighted by Crippen LogP contribution is 2.35. The number of anilines is 1. The van der Waals surface area contributed by atoms with Gasteiger partial charge in [-0.15, -0.1) is 0 Å². The lowest BCUT2D eigenvalue weighted by molar-refractivity contribution is 0.277. The van der Waals surface area contributed by atoms with Gasteiger partial charge < -0.3 is 19.3 Å². The van der Waals surface area contributed by atoms with Gasteiger partial charge in [0.15, 0.2) is 5.52 Å². The summed E-state index contributed by atoms with van der Waals surface area (Å²) in [7, 11) is 2.16. The van der Waals surface area contributed by atoms with Crippen LogP contribution in [0.4, 0.5) is 5.69 Å². The number of piperazine rings is 1. The van der Waals surface area contributed by atoms with Crippen molar-refractivity contribution in [2.75, 3.05) is 44.7 Å². The topological polar surface area (TPSA) is 96.3 Å². The molecule has 1 aliphatic heterocycles. The summed E-state index contributed by atoms with van der Waals surface area (Å²) in [5.41, 5.74) is 7.63. The van der Waals surface area contributed by atoms with Gasteiger partial charge in [0, 0.05) is 67.9 Å². The molecule has 0 spiro atoms. The van der Waals surface area contributed by atoms with E-state index in [4.69, 9.17) is 14.5 Å². The Labute approximate surface area is 221 Å². The Morgan fingerprint density at radius 3 is 2.37 bits per heavy atom. The molecule has 0 aliphatic carbocycles. The third-order valence-corrected chi connectivity index (χ3v) is 7.07. The van der Waals surface area contributed by atoms with E-state index in [2.05, 4.69) is 82.3 Å². The van der Waals surface area contributed by atoms with Crippen LogP contribution in [0.5, 0.6) is 0 Å². The number of rotatable bonds is 7. The number of aromatic nitrogens is 5. The van der Waals surface area contributed by atoms with Gasteiger partial charge in [-0.1, -0.05) is 29.8 Å². The highest BCUT2D eigenvalue weighted by atomic mass is 16.4. The predicted octanol–water partition coefficient (Wildman–Crippen LogP) is 4.26. The second-order valence-electron chi connectivity index (χ2n) is 9.83. The first-order chi connectivity index (χ1) is 18.6. The molecule has 0 bridgehead atoms. The van der Waals surface area contributed by atoms with Crippen molar-refractivity contribution in [1.82, 2.24) is 29.6 Å². The van der Waals surface area contributed by atoms with Crippen LogP contribution in [-0.4, -0.2) is 74.6 Å². The Bertz CT molecular complexity index is 1530. The lowest BCUT2D eigenvalue weighted by Crippen LogP contribution is -2.44. The smallest absolute Gasteiger partial charge is 0.251 e. The van der Waals surface area contributed by atoms with Gasteiger partial charge in [-0.25, -0.2) is 9.97 Å². The number of oxazole rings is 1. The minimum Gasteiger partial charge on any atom is -0.418 e. The maximum Gasteiger partial charge on any atom is 0.251 e. The number of aryl methyl sites for hydroxylation is 2. The second-order valence-corrected chi connectivity index (χ2v) is 9.83. The highest BCUT2D eigenvalue weighted by Gasteiger charge is 2.21. The van der Waals surface area contributed by atoms with E-state index in [1.54, 1.807) is 0 Å². The van der Waals surface area contributed by atoms with E-state index in [1.165, 1.54) is 17.6 Å². The number of fused-ring (bicyclic) bond motifs is 1. The fourth-order valence-electron chi connectivity index (χ4n) is 4.82. The molecule has 4 heterocycles. The molecule has 38 heavy (non-hydrogen) atoms. The average Bonchev–Trinajstić information content (AvgIpc) is 3.58. The van der Waals surface area contributed by atoms with Gasteiger partial charge in [0.1, 0.15) is 17.7 Å². The zero-order valence-corrected chi connectivity index (χ0v) is 21.7. The highest BCUT2D eigenvalue weighted by molar-refractivity contribution is 5.92. The molecule has 194 valence electrons. The lowest BCUT2D eigenvalue weighted by atomic mass is 10.0. The summed E-state index contributed by atoms with van der Waals surface area (Å²) in [6.07, 6.45) is 4.09. The average molecular weight is 510 g/mol. The van der Waals surface area contributed by atoms with Gasteiger partial charge in [-0.3, -0.25) is 4.68 Å². The summed E-state index contributed by atoms with van der Waals surface area (Å²) < 4.78 is 7.96. The summed E-state index contributed by atoms with van der Waals surface area (Å²) in [6, 6.07) is 16.6. The van der Waals surface area contributed by atoms with E-state index in [-0.39, 0.29) is 6.61 Å². The van der Waals surface area contributed by atoms with Crippen LogP contribution in [0.2, 0.25) is 0 Å². The third kappa shape index (κ3) is 4.78. The second kappa shape index (κ2) is 10.4. The maximum atomic E-state index is 9.33. The number of benzene rings is 2. The maximum absolute atomic E-state index is 9.33. The molecule has 0 unspecified atom stereocenters. The van der Waals surface area contributed by atoms with Crippen LogP contribution >= 0.6 is 0 Å². The van der Waals surface area contributed by atoms with Crippen molar-refractivity contribution >= 4 is 16.9 Å². The molecular weight excluding hydrogens is 478 g/mol. The van der Waals surface area contributed by atoms with Crippen LogP contribution in [-0.2, 0) is 6.54 Å². The fraction of sp³-hybridized carbons (Fsp3) is 0.310. The number of nitrogens with zero attached hydrogens (tertiary/aromatic N) is 7. The molecule has 0 amide bonds. The molecule has 0 radical (unpaired) electrons. The number of hydrogen-bond donors (Lipinski definition) is 1. The Morgan fingerprint density at radius 1 is 0.895 bits per heavy atom. The summed E-state index contributed by atoms with van der Waals surface area (Å²) in [6.45, 7) is 6.94. The predicted molar refractivity (Wildman–Crippen MR) is 148 cm³/mol. The zero-order valence-electron chi connectivity index (χ0n) is 21.7. The first-order valence-electron chi connectivity index (χ1n) is 13.0. The SMILES string of the molecule is Cc1ccc(-c2nn(CCCO)cc2-c2ncnc3oc(-c4ccc(N5CCN(C)CC5)cc4)nc23)cc1. The fourth-order valence-corrected chi connectivity index (χ4v) is 4.82. The summed E-state index contributed by atoms with van der Waals surface area (Å²) >= 11 is 0. The van der Waals surface area contributed by atoms with Crippen molar-refractivity contribution < 1.29 is 9.52 Å². The molecule has 1 N–H and O–H groups in total. The molecule has 3 aromatic heterocycles. The third-order valence-electron chi connectivity index (χ3n) is 7.07. The molecule has 0 saturated carbocycles. The number of hydrogen-bond acceptors (Lipinski definition) is 8. The first kappa shape index (κ1) is 24.3. The molecule has 1 saturated heterocycles. The Kier molecular flexibility index (Phi) is 6.61. The largest absolute Gasteiger partial charge is 0.418 e. The quantitative estimate of drug-likeness (QED) is 0.348. The molecule has 2 aromatic carbocycles. The van der Waals surface area contributed by atoms with Gasteiger partial charge in [-0.05, 0) is 44.7 Å². The van der Waals surface area contributed by atoms with Crippen molar-refractivity contribution in [3.05, 3.63) is 66.6 Å². The Hall–Kier alpha value is -4.08. The monoisotopic (exact) mass is 509 g/mol. The van der Waals surface area contributed by atoms with Crippen LogP contribution in [0, 0.1) is 6.92 Å². The summed E-state index contributed by atoms with van der Waals surface area (Å²) in [5.74, 6) is 0.510. The van der Waals surface area contributed by atoms with E-state index >= 15 is 0 Å². The molecule has 6 rings (SSSR count). The Balaban J connectivity index is 1.37. The van der Waals surface area contributed by atoms with Crippen LogP contribution in [0.1, 0.15) is 12.0 Å². The van der Waals surface area contributed by atoms with E-state index in [1.807, 2.05) is 10.9 Å². The van der Waals surface area contributed by atoms with Crippen molar-refractivity contribution in [3.63, 3.8) is 0 Å². The van der Waals surface area contributed by atoms with Crippen molar-refractivity contribution in [2.24, 2.45) is 0 Å². The van der Waals surface area contributed by atoms with Crippen LogP contribution in [0.25, 0.3) is 45.2 Å². The van der Waals surface area contributed by atoms with Crippen LogP contribution < -0.4 is 4.90 Å².